The molecule has 1 atom stereocenters. The van der Waals surface area contributed by atoms with Gasteiger partial charge in [0.2, 0.25) is 0 Å². The van der Waals surface area contributed by atoms with Crippen LogP contribution in [0, 0.1) is 0 Å². The van der Waals surface area contributed by atoms with Gasteiger partial charge in [0.25, 0.3) is 0 Å². The van der Waals surface area contributed by atoms with Crippen molar-refractivity contribution in [3.8, 4) is 11.3 Å². The third kappa shape index (κ3) is 2.57. The van der Waals surface area contributed by atoms with Crippen molar-refractivity contribution < 1.29 is 4.74 Å². The summed E-state index contributed by atoms with van der Waals surface area (Å²) in [7, 11) is 0. The van der Waals surface area contributed by atoms with E-state index in [0.29, 0.717) is 0 Å². The quantitative estimate of drug-likeness (QED) is 0.873. The molecule has 3 rings (SSSR count). The molecular weight excluding hydrogens is 228 g/mol. The molecule has 2 aromatic rings. The summed E-state index contributed by atoms with van der Waals surface area (Å²) in [5.41, 5.74) is 1.99. The van der Waals surface area contributed by atoms with Crippen LogP contribution in [0.4, 0.5) is 0 Å². The minimum atomic E-state index is 0.184. The second kappa shape index (κ2) is 5.29. The van der Waals surface area contributed by atoms with Gasteiger partial charge in [-0.2, -0.15) is 0 Å². The lowest BCUT2D eigenvalue weighted by Crippen LogP contribution is -2.40. The van der Waals surface area contributed by atoms with Crippen molar-refractivity contribution in [2.75, 3.05) is 19.7 Å². The maximum atomic E-state index is 5.65. The van der Waals surface area contributed by atoms with Crippen LogP contribution in [0.15, 0.2) is 36.5 Å². The first-order chi connectivity index (χ1) is 8.92. The van der Waals surface area contributed by atoms with Gasteiger partial charge >= 0.3 is 0 Å². The molecule has 1 aromatic carbocycles. The number of benzene rings is 1. The third-order valence-corrected chi connectivity index (χ3v) is 3.00. The Kier molecular flexibility index (Phi) is 3.34. The van der Waals surface area contributed by atoms with Gasteiger partial charge in [-0.1, -0.05) is 35.5 Å². The van der Waals surface area contributed by atoms with Crippen LogP contribution in [0.2, 0.25) is 0 Å². The van der Waals surface area contributed by atoms with Crippen LogP contribution in [0.3, 0.4) is 0 Å². The van der Waals surface area contributed by atoms with E-state index in [1.165, 1.54) is 0 Å². The summed E-state index contributed by atoms with van der Waals surface area (Å²) in [4.78, 5) is 0. The number of nitrogens with one attached hydrogen (secondary N) is 1. The summed E-state index contributed by atoms with van der Waals surface area (Å²) in [6.45, 7) is 3.32. The van der Waals surface area contributed by atoms with Crippen LogP contribution in [-0.4, -0.2) is 40.8 Å². The fraction of sp³-hybridized carbons (Fsp3) is 0.385. The number of aromatic nitrogens is 3. The van der Waals surface area contributed by atoms with E-state index in [1.807, 2.05) is 41.2 Å². The minimum absolute atomic E-state index is 0.184. The molecular formula is C13H16N4O. The normalized spacial score (nSPS) is 19.9. The lowest BCUT2D eigenvalue weighted by Gasteiger charge is -2.23. The molecule has 1 N–H and O–H groups in total. The van der Waals surface area contributed by atoms with Crippen LogP contribution in [0.25, 0.3) is 11.3 Å². The van der Waals surface area contributed by atoms with Gasteiger partial charge in [0.05, 0.1) is 25.5 Å². The maximum absolute atomic E-state index is 5.65. The van der Waals surface area contributed by atoms with Crippen molar-refractivity contribution in [1.82, 2.24) is 20.3 Å². The van der Waals surface area contributed by atoms with Crippen LogP contribution in [0.1, 0.15) is 0 Å². The molecule has 0 aliphatic carbocycles. The second-order valence-corrected chi connectivity index (χ2v) is 4.39. The first-order valence-corrected chi connectivity index (χ1v) is 6.20. The van der Waals surface area contributed by atoms with Gasteiger partial charge < -0.3 is 10.1 Å². The molecule has 0 saturated carbocycles. The summed E-state index contributed by atoms with van der Waals surface area (Å²) < 4.78 is 7.49. The van der Waals surface area contributed by atoms with E-state index < -0.39 is 0 Å². The Morgan fingerprint density at radius 3 is 3.00 bits per heavy atom. The van der Waals surface area contributed by atoms with E-state index in [2.05, 4.69) is 15.6 Å². The molecule has 1 aromatic heterocycles. The number of nitrogens with zero attached hydrogens (tertiary/aromatic N) is 3. The SMILES string of the molecule is c1ccc(-c2cn(CC3CNCCO3)nn2)cc1. The highest BCUT2D eigenvalue weighted by Crippen LogP contribution is 2.15. The predicted molar refractivity (Wildman–Crippen MR) is 68.1 cm³/mol. The summed E-state index contributed by atoms with van der Waals surface area (Å²) in [6, 6.07) is 10.1. The highest BCUT2D eigenvalue weighted by Gasteiger charge is 2.14. The van der Waals surface area contributed by atoms with Gasteiger partial charge in [-0.25, -0.2) is 4.68 Å². The molecule has 0 bridgehead atoms. The average Bonchev–Trinajstić information content (AvgIpc) is 2.89. The largest absolute Gasteiger partial charge is 0.374 e. The monoisotopic (exact) mass is 244 g/mol. The molecule has 18 heavy (non-hydrogen) atoms. The molecule has 1 aliphatic heterocycles. The summed E-state index contributed by atoms with van der Waals surface area (Å²) >= 11 is 0. The van der Waals surface area contributed by atoms with E-state index in [1.54, 1.807) is 0 Å². The average molecular weight is 244 g/mol. The molecule has 2 heterocycles. The molecule has 0 spiro atoms. The van der Waals surface area contributed by atoms with Crippen molar-refractivity contribution in [1.29, 1.82) is 0 Å². The first-order valence-electron chi connectivity index (χ1n) is 6.20. The lowest BCUT2D eigenvalue weighted by molar-refractivity contribution is 0.0158. The number of hydrogen-bond donors (Lipinski definition) is 1. The first kappa shape index (κ1) is 11.4. The topological polar surface area (TPSA) is 52.0 Å². The maximum Gasteiger partial charge on any atom is 0.113 e. The minimum Gasteiger partial charge on any atom is -0.374 e. The van der Waals surface area contributed by atoms with Crippen molar-refractivity contribution in [2.45, 2.75) is 12.6 Å². The summed E-state index contributed by atoms with van der Waals surface area (Å²) in [6.07, 6.45) is 2.15. The molecule has 1 fully saturated rings. The zero-order valence-corrected chi connectivity index (χ0v) is 10.1. The Morgan fingerprint density at radius 1 is 1.33 bits per heavy atom. The third-order valence-electron chi connectivity index (χ3n) is 3.00. The van der Waals surface area contributed by atoms with E-state index >= 15 is 0 Å². The van der Waals surface area contributed by atoms with E-state index in [-0.39, 0.29) is 6.10 Å². The van der Waals surface area contributed by atoms with Crippen molar-refractivity contribution in [2.24, 2.45) is 0 Å². The van der Waals surface area contributed by atoms with Gasteiger partial charge in [0, 0.05) is 18.7 Å². The fourth-order valence-corrected chi connectivity index (χ4v) is 2.07. The summed E-state index contributed by atoms with van der Waals surface area (Å²) in [5.74, 6) is 0. The van der Waals surface area contributed by atoms with Gasteiger partial charge in [0.1, 0.15) is 5.69 Å². The molecule has 0 radical (unpaired) electrons. The van der Waals surface area contributed by atoms with E-state index in [4.69, 9.17) is 4.74 Å². The van der Waals surface area contributed by atoms with Crippen LogP contribution >= 0.6 is 0 Å². The fourth-order valence-electron chi connectivity index (χ4n) is 2.07. The Labute approximate surface area is 106 Å². The van der Waals surface area contributed by atoms with Crippen molar-refractivity contribution in [3.63, 3.8) is 0 Å². The zero-order valence-electron chi connectivity index (χ0n) is 10.1. The van der Waals surface area contributed by atoms with Crippen molar-refractivity contribution >= 4 is 0 Å². The van der Waals surface area contributed by atoms with Crippen LogP contribution in [-0.2, 0) is 11.3 Å². The molecule has 1 aliphatic rings. The van der Waals surface area contributed by atoms with Crippen LogP contribution < -0.4 is 5.32 Å². The van der Waals surface area contributed by atoms with E-state index in [0.717, 1.165) is 37.5 Å². The molecule has 0 amide bonds. The Bertz CT molecular complexity index is 491. The Balaban J connectivity index is 1.69. The predicted octanol–water partition coefficient (Wildman–Crippen LogP) is 0.933. The standard InChI is InChI=1S/C13H16N4O/c1-2-4-11(5-3-1)13-10-17(16-15-13)9-12-8-14-6-7-18-12/h1-5,10,12,14H,6-9H2. The molecule has 5 nitrogen and oxygen atoms in total. The van der Waals surface area contributed by atoms with Crippen LogP contribution in [0.5, 0.6) is 0 Å². The number of morpholine rings is 1. The van der Waals surface area contributed by atoms with E-state index in [9.17, 15) is 0 Å². The Hall–Kier alpha value is -1.72. The molecule has 1 saturated heterocycles. The van der Waals surface area contributed by atoms with Crippen molar-refractivity contribution in [3.05, 3.63) is 36.5 Å². The second-order valence-electron chi connectivity index (χ2n) is 4.39. The van der Waals surface area contributed by atoms with Gasteiger partial charge in [-0.05, 0) is 0 Å². The van der Waals surface area contributed by atoms with Gasteiger partial charge in [0.15, 0.2) is 0 Å². The smallest absolute Gasteiger partial charge is 0.113 e. The molecule has 94 valence electrons. The molecule has 1 unspecified atom stereocenters. The highest BCUT2D eigenvalue weighted by atomic mass is 16.5. The van der Waals surface area contributed by atoms with Gasteiger partial charge in [-0.15, -0.1) is 5.10 Å². The Morgan fingerprint density at radius 2 is 2.22 bits per heavy atom. The molecule has 5 heteroatoms. The van der Waals surface area contributed by atoms with Gasteiger partial charge in [-0.3, -0.25) is 0 Å². The zero-order chi connectivity index (χ0) is 12.2. The lowest BCUT2D eigenvalue weighted by atomic mass is 10.2. The summed E-state index contributed by atoms with van der Waals surface area (Å²) in [5, 5.41) is 11.6. The highest BCUT2D eigenvalue weighted by molar-refractivity contribution is 5.57. The number of rotatable bonds is 3. The number of hydrogen-bond acceptors (Lipinski definition) is 4. The number of ether oxygens (including phenoxy) is 1.